The molecule has 2 unspecified atom stereocenters. The first-order valence-electron chi connectivity index (χ1n) is 8.50. The van der Waals surface area contributed by atoms with Crippen molar-refractivity contribution in [2.75, 3.05) is 18.1 Å². The number of para-hydroxylation sites is 2. The highest BCUT2D eigenvalue weighted by molar-refractivity contribution is 7.90. The third kappa shape index (κ3) is 3.32. The second-order valence-corrected chi connectivity index (χ2v) is 8.84. The van der Waals surface area contributed by atoms with Gasteiger partial charge in [-0.15, -0.1) is 0 Å². The number of carbonyl (C=O) groups is 1. The van der Waals surface area contributed by atoms with Gasteiger partial charge in [0.1, 0.15) is 11.9 Å². The van der Waals surface area contributed by atoms with Gasteiger partial charge in [-0.2, -0.15) is 0 Å². The van der Waals surface area contributed by atoms with Gasteiger partial charge in [-0.25, -0.2) is 8.42 Å². The van der Waals surface area contributed by atoms with E-state index in [2.05, 4.69) is 10.2 Å². The highest BCUT2D eigenvalue weighted by atomic mass is 32.2. The number of ether oxygens (including phenoxy) is 1. The van der Waals surface area contributed by atoms with E-state index in [1.54, 1.807) is 24.3 Å². The lowest BCUT2D eigenvalue weighted by Gasteiger charge is -2.23. The van der Waals surface area contributed by atoms with Gasteiger partial charge in [-0.1, -0.05) is 24.3 Å². The van der Waals surface area contributed by atoms with Crippen LogP contribution >= 0.6 is 0 Å². The minimum absolute atomic E-state index is 0.0315. The molecule has 2 atom stereocenters. The van der Waals surface area contributed by atoms with Crippen LogP contribution in [0.5, 0.6) is 5.75 Å². The number of amides is 1. The van der Waals surface area contributed by atoms with E-state index in [1.807, 2.05) is 24.3 Å². The third-order valence-electron chi connectivity index (χ3n) is 4.84. The Hall–Kier alpha value is -2.38. The van der Waals surface area contributed by atoms with Crippen molar-refractivity contribution in [2.45, 2.75) is 30.0 Å². The largest absolute Gasteiger partial charge is 0.487 e. The summed E-state index contributed by atoms with van der Waals surface area (Å²) in [5.41, 5.74) is 1.67. The molecule has 1 amide bonds. The van der Waals surface area contributed by atoms with Crippen LogP contribution in [0.3, 0.4) is 0 Å². The van der Waals surface area contributed by atoms with Crippen molar-refractivity contribution in [3.63, 3.8) is 0 Å². The van der Waals surface area contributed by atoms with E-state index in [-0.39, 0.29) is 18.1 Å². The summed E-state index contributed by atoms with van der Waals surface area (Å²) in [6.45, 7) is 1.22. The summed E-state index contributed by atoms with van der Waals surface area (Å²) in [6.07, 6.45) is 1.79. The van der Waals surface area contributed by atoms with Crippen LogP contribution in [0.1, 0.15) is 12.0 Å². The number of sulfone groups is 1. The zero-order valence-corrected chi connectivity index (χ0v) is 15.2. The summed E-state index contributed by atoms with van der Waals surface area (Å²) in [6, 6.07) is 14.0. The van der Waals surface area contributed by atoms with E-state index < -0.39 is 9.84 Å². The van der Waals surface area contributed by atoms with Crippen molar-refractivity contribution >= 4 is 21.4 Å². The highest BCUT2D eigenvalue weighted by Gasteiger charge is 2.39. The van der Waals surface area contributed by atoms with Crippen LogP contribution in [-0.4, -0.2) is 44.2 Å². The third-order valence-corrected chi connectivity index (χ3v) is 5.97. The number of nitrogens with one attached hydrogen (secondary N) is 1. The molecule has 2 aromatic rings. The van der Waals surface area contributed by atoms with Gasteiger partial charge in [-0.05, 0) is 29.8 Å². The summed E-state index contributed by atoms with van der Waals surface area (Å²) in [5, 5.41) is 2.95. The summed E-state index contributed by atoms with van der Waals surface area (Å²) >= 11 is 0. The number of anilines is 1. The Labute approximate surface area is 152 Å². The van der Waals surface area contributed by atoms with E-state index in [0.29, 0.717) is 35.8 Å². The molecular weight excluding hydrogens is 352 g/mol. The molecule has 26 heavy (non-hydrogen) atoms. The number of rotatable bonds is 3. The van der Waals surface area contributed by atoms with Crippen molar-refractivity contribution in [3.8, 4) is 5.75 Å². The maximum Gasteiger partial charge on any atom is 0.241 e. The zero-order valence-electron chi connectivity index (χ0n) is 14.4. The van der Waals surface area contributed by atoms with Crippen molar-refractivity contribution in [1.29, 1.82) is 0 Å². The molecule has 2 aliphatic heterocycles. The average Bonchev–Trinajstić information content (AvgIpc) is 2.99. The van der Waals surface area contributed by atoms with Gasteiger partial charge >= 0.3 is 0 Å². The van der Waals surface area contributed by atoms with Gasteiger partial charge in [0.2, 0.25) is 5.91 Å². The summed E-state index contributed by atoms with van der Waals surface area (Å²) in [5.74, 6) is 0.666. The fourth-order valence-electron chi connectivity index (χ4n) is 3.54. The van der Waals surface area contributed by atoms with E-state index in [9.17, 15) is 13.2 Å². The van der Waals surface area contributed by atoms with Crippen LogP contribution in [0.2, 0.25) is 0 Å². The van der Waals surface area contributed by atoms with Crippen LogP contribution < -0.4 is 10.1 Å². The quantitative estimate of drug-likeness (QED) is 0.893. The second kappa shape index (κ2) is 6.41. The Morgan fingerprint density at radius 1 is 1.15 bits per heavy atom. The lowest BCUT2D eigenvalue weighted by Crippen LogP contribution is -2.39. The van der Waals surface area contributed by atoms with Gasteiger partial charge in [0.25, 0.3) is 0 Å². The molecule has 0 spiro atoms. The standard InChI is InChI=1S/C19H20N2O4S/c1-26(23,24)15-8-6-13(7-9-15)11-21-12-14-10-17(21)19(22)20-16-4-2-3-5-18(16)25-14/h2-9,14,17H,10-12H2,1H3,(H,20,22). The molecular formula is C19H20N2O4S. The summed E-state index contributed by atoms with van der Waals surface area (Å²) < 4.78 is 29.2. The highest BCUT2D eigenvalue weighted by Crippen LogP contribution is 2.33. The van der Waals surface area contributed by atoms with Gasteiger partial charge in [0.05, 0.1) is 16.6 Å². The molecule has 0 saturated carbocycles. The maximum atomic E-state index is 12.7. The number of hydrogen-bond donors (Lipinski definition) is 1. The number of likely N-dealkylation sites (tertiary alicyclic amines) is 1. The monoisotopic (exact) mass is 372 g/mol. The molecule has 0 radical (unpaired) electrons. The number of carbonyl (C=O) groups excluding carboxylic acids is 1. The maximum absolute atomic E-state index is 12.7. The minimum Gasteiger partial charge on any atom is -0.487 e. The van der Waals surface area contributed by atoms with E-state index in [1.165, 1.54) is 6.26 Å². The van der Waals surface area contributed by atoms with E-state index in [4.69, 9.17) is 4.74 Å². The normalized spacial score (nSPS) is 22.7. The molecule has 2 aliphatic rings. The predicted octanol–water partition coefficient (Wildman–Crippen LogP) is 2.06. The number of nitrogens with zero attached hydrogens (tertiary/aromatic N) is 1. The molecule has 2 bridgehead atoms. The topological polar surface area (TPSA) is 75.7 Å². The van der Waals surface area contributed by atoms with Crippen LogP contribution in [0.15, 0.2) is 53.4 Å². The lowest BCUT2D eigenvalue weighted by atomic mass is 10.1. The summed E-state index contributed by atoms with van der Waals surface area (Å²) in [7, 11) is -3.21. The minimum atomic E-state index is -3.21. The van der Waals surface area contributed by atoms with Gasteiger partial charge in [0, 0.05) is 25.8 Å². The predicted molar refractivity (Wildman–Crippen MR) is 97.9 cm³/mol. The van der Waals surface area contributed by atoms with Crippen LogP contribution in [-0.2, 0) is 21.2 Å². The zero-order chi connectivity index (χ0) is 18.3. The molecule has 136 valence electrons. The van der Waals surface area contributed by atoms with Gasteiger partial charge in [-0.3, -0.25) is 9.69 Å². The molecule has 7 heteroatoms. The molecule has 1 fully saturated rings. The van der Waals surface area contributed by atoms with E-state index >= 15 is 0 Å². The Morgan fingerprint density at radius 2 is 1.88 bits per heavy atom. The first-order valence-corrected chi connectivity index (χ1v) is 10.4. The Kier molecular flexibility index (Phi) is 4.20. The smallest absolute Gasteiger partial charge is 0.241 e. The number of fused-ring (bicyclic) bond motifs is 3. The fourth-order valence-corrected chi connectivity index (χ4v) is 4.17. The Balaban J connectivity index is 1.54. The van der Waals surface area contributed by atoms with Crippen LogP contribution in [0.4, 0.5) is 5.69 Å². The average molecular weight is 372 g/mol. The molecule has 1 N–H and O–H groups in total. The molecule has 1 saturated heterocycles. The molecule has 2 heterocycles. The molecule has 2 aromatic carbocycles. The van der Waals surface area contributed by atoms with Crippen molar-refractivity contribution in [2.24, 2.45) is 0 Å². The molecule has 0 aliphatic carbocycles. The van der Waals surface area contributed by atoms with Crippen LogP contribution in [0.25, 0.3) is 0 Å². The molecule has 6 nitrogen and oxygen atoms in total. The molecule has 0 aromatic heterocycles. The Bertz CT molecular complexity index is 940. The number of benzene rings is 2. The SMILES string of the molecule is CS(=O)(=O)c1ccc(CN2CC3CC2C(=O)Nc2ccccc2O3)cc1. The van der Waals surface area contributed by atoms with Crippen molar-refractivity contribution < 1.29 is 17.9 Å². The summed E-state index contributed by atoms with van der Waals surface area (Å²) in [4.78, 5) is 15.1. The van der Waals surface area contributed by atoms with Gasteiger partial charge < -0.3 is 10.1 Å². The van der Waals surface area contributed by atoms with Gasteiger partial charge in [0.15, 0.2) is 9.84 Å². The Morgan fingerprint density at radius 3 is 2.62 bits per heavy atom. The van der Waals surface area contributed by atoms with Crippen molar-refractivity contribution in [1.82, 2.24) is 4.90 Å². The molecule has 4 rings (SSSR count). The van der Waals surface area contributed by atoms with E-state index in [0.717, 1.165) is 5.56 Å². The lowest BCUT2D eigenvalue weighted by molar-refractivity contribution is -0.120. The second-order valence-electron chi connectivity index (χ2n) is 6.82. The first kappa shape index (κ1) is 17.1. The van der Waals surface area contributed by atoms with Crippen molar-refractivity contribution in [3.05, 3.63) is 54.1 Å². The first-order chi connectivity index (χ1) is 12.4. The number of hydrogen-bond acceptors (Lipinski definition) is 5. The fraction of sp³-hybridized carbons (Fsp3) is 0.316. The van der Waals surface area contributed by atoms with Crippen LogP contribution in [0, 0.1) is 0 Å².